The second-order valence-electron chi connectivity index (χ2n) is 5.81. The maximum Gasteiger partial charge on any atom is 0.142 e. The van der Waals surface area contributed by atoms with Gasteiger partial charge in [-0.05, 0) is 43.2 Å². The Morgan fingerprint density at radius 2 is 1.73 bits per heavy atom. The first kappa shape index (κ1) is 18.0. The molecule has 0 radical (unpaired) electrons. The fourth-order valence-corrected chi connectivity index (χ4v) is 2.72. The lowest BCUT2D eigenvalue weighted by Crippen LogP contribution is -2.08. The number of methoxy groups -OCH3 is 1. The zero-order chi connectivity index (χ0) is 18.4. The highest BCUT2D eigenvalue weighted by molar-refractivity contribution is 6.30. The van der Waals surface area contributed by atoms with Gasteiger partial charge >= 0.3 is 0 Å². The number of rotatable bonds is 7. The minimum Gasteiger partial charge on any atom is -0.495 e. The Kier molecular flexibility index (Phi) is 5.92. The van der Waals surface area contributed by atoms with E-state index in [4.69, 9.17) is 16.3 Å². The predicted molar refractivity (Wildman–Crippen MR) is 107 cm³/mol. The minimum atomic E-state index is 0.693. The number of nitrogens with one attached hydrogen (secondary N) is 2. The second kappa shape index (κ2) is 8.54. The highest BCUT2D eigenvalue weighted by atomic mass is 35.5. The summed E-state index contributed by atoms with van der Waals surface area (Å²) >= 11 is 5.92. The van der Waals surface area contributed by atoms with Crippen molar-refractivity contribution in [3.63, 3.8) is 0 Å². The van der Waals surface area contributed by atoms with Gasteiger partial charge in [-0.2, -0.15) is 0 Å². The monoisotopic (exact) mass is 368 g/mol. The number of ether oxygens (including phenoxy) is 1. The molecule has 0 amide bonds. The molecule has 0 aliphatic rings. The van der Waals surface area contributed by atoms with Crippen LogP contribution in [-0.2, 0) is 6.42 Å². The number of hydrogen-bond acceptors (Lipinski definition) is 5. The molecule has 0 fully saturated rings. The maximum atomic E-state index is 5.92. The first-order valence-electron chi connectivity index (χ1n) is 8.38. The largest absolute Gasteiger partial charge is 0.495 e. The Morgan fingerprint density at radius 1 is 1.00 bits per heavy atom. The van der Waals surface area contributed by atoms with Crippen molar-refractivity contribution >= 4 is 28.9 Å². The van der Waals surface area contributed by atoms with E-state index in [0.29, 0.717) is 5.82 Å². The molecular formula is C20H21ClN4O. The summed E-state index contributed by atoms with van der Waals surface area (Å²) in [7, 11) is 1.65. The van der Waals surface area contributed by atoms with Gasteiger partial charge in [0.05, 0.1) is 12.8 Å². The van der Waals surface area contributed by atoms with Crippen LogP contribution in [0.25, 0.3) is 0 Å². The molecule has 0 saturated carbocycles. The molecule has 0 aliphatic carbocycles. The lowest BCUT2D eigenvalue weighted by Gasteiger charge is -2.12. The molecule has 0 aliphatic heterocycles. The van der Waals surface area contributed by atoms with Crippen molar-refractivity contribution in [1.29, 1.82) is 0 Å². The first-order chi connectivity index (χ1) is 12.6. The Balaban J connectivity index is 1.66. The fourth-order valence-electron chi connectivity index (χ4n) is 2.59. The standard InChI is InChI=1S/C20H21ClN4O/c1-14-23-19(22-12-11-15-7-9-16(21)10-8-15)13-20(24-14)25-17-5-3-4-6-18(17)26-2/h3-10,13H,11-12H2,1-2H3,(H2,22,23,24,25). The van der Waals surface area contributed by atoms with Crippen LogP contribution in [-0.4, -0.2) is 23.6 Å². The molecule has 26 heavy (non-hydrogen) atoms. The number of nitrogens with zero attached hydrogens (tertiary/aromatic N) is 2. The Hall–Kier alpha value is -2.79. The van der Waals surface area contributed by atoms with Crippen LogP contribution < -0.4 is 15.4 Å². The van der Waals surface area contributed by atoms with Crippen LogP contribution in [0.5, 0.6) is 5.75 Å². The number of halogens is 1. The smallest absolute Gasteiger partial charge is 0.142 e. The number of benzene rings is 2. The second-order valence-corrected chi connectivity index (χ2v) is 6.25. The van der Waals surface area contributed by atoms with Gasteiger partial charge < -0.3 is 15.4 Å². The maximum absolute atomic E-state index is 5.92. The van der Waals surface area contributed by atoms with Gasteiger partial charge in [-0.3, -0.25) is 0 Å². The summed E-state index contributed by atoms with van der Waals surface area (Å²) in [6, 6.07) is 17.5. The summed E-state index contributed by atoms with van der Waals surface area (Å²) in [4.78, 5) is 8.90. The van der Waals surface area contributed by atoms with Gasteiger partial charge in [0.1, 0.15) is 23.2 Å². The fraction of sp³-hybridized carbons (Fsp3) is 0.200. The molecule has 0 spiro atoms. The first-order valence-corrected chi connectivity index (χ1v) is 8.76. The molecule has 2 aromatic carbocycles. The third-order valence-corrected chi connectivity index (χ3v) is 4.09. The number of anilines is 3. The quantitative estimate of drug-likeness (QED) is 0.624. The Morgan fingerprint density at radius 3 is 2.50 bits per heavy atom. The van der Waals surface area contributed by atoms with E-state index in [1.54, 1.807) is 7.11 Å². The van der Waals surface area contributed by atoms with Crippen LogP contribution >= 0.6 is 11.6 Å². The Bertz CT molecular complexity index is 868. The molecule has 0 unspecified atom stereocenters. The Labute approximate surface area is 158 Å². The van der Waals surface area contributed by atoms with E-state index in [0.717, 1.165) is 41.1 Å². The summed E-state index contributed by atoms with van der Waals surface area (Å²) in [5.41, 5.74) is 2.08. The summed E-state index contributed by atoms with van der Waals surface area (Å²) in [5.74, 6) is 2.96. The van der Waals surface area contributed by atoms with E-state index in [1.807, 2.05) is 61.5 Å². The van der Waals surface area contributed by atoms with Gasteiger partial charge in [-0.1, -0.05) is 35.9 Å². The molecule has 0 saturated heterocycles. The SMILES string of the molecule is COc1ccccc1Nc1cc(NCCc2ccc(Cl)cc2)nc(C)n1. The van der Waals surface area contributed by atoms with Crippen molar-refractivity contribution in [3.8, 4) is 5.75 Å². The average molecular weight is 369 g/mol. The summed E-state index contributed by atoms with van der Waals surface area (Å²) in [5, 5.41) is 7.39. The van der Waals surface area contributed by atoms with Crippen LogP contribution in [0.2, 0.25) is 5.02 Å². The van der Waals surface area contributed by atoms with Crippen LogP contribution in [0.3, 0.4) is 0 Å². The molecule has 0 atom stereocenters. The normalized spacial score (nSPS) is 10.4. The van der Waals surface area contributed by atoms with Gasteiger partial charge in [0.2, 0.25) is 0 Å². The third kappa shape index (κ3) is 4.86. The number of para-hydroxylation sites is 2. The van der Waals surface area contributed by atoms with Crippen molar-refractivity contribution < 1.29 is 4.74 Å². The zero-order valence-corrected chi connectivity index (χ0v) is 15.5. The molecule has 5 nitrogen and oxygen atoms in total. The molecule has 6 heteroatoms. The minimum absolute atomic E-state index is 0.693. The van der Waals surface area contributed by atoms with Crippen molar-refractivity contribution in [2.75, 3.05) is 24.3 Å². The molecule has 3 rings (SSSR count). The topological polar surface area (TPSA) is 59.1 Å². The van der Waals surface area contributed by atoms with E-state index in [9.17, 15) is 0 Å². The third-order valence-electron chi connectivity index (χ3n) is 3.84. The van der Waals surface area contributed by atoms with E-state index in [-0.39, 0.29) is 0 Å². The number of aromatic nitrogens is 2. The highest BCUT2D eigenvalue weighted by Gasteiger charge is 2.06. The van der Waals surface area contributed by atoms with E-state index >= 15 is 0 Å². The van der Waals surface area contributed by atoms with Crippen LogP contribution in [0.15, 0.2) is 54.6 Å². The lowest BCUT2D eigenvalue weighted by atomic mass is 10.1. The lowest BCUT2D eigenvalue weighted by molar-refractivity contribution is 0.417. The van der Waals surface area contributed by atoms with Gasteiger partial charge in [0, 0.05) is 17.6 Å². The van der Waals surface area contributed by atoms with E-state index in [1.165, 1.54) is 5.56 Å². The molecule has 2 N–H and O–H groups in total. The molecule has 3 aromatic rings. The summed E-state index contributed by atoms with van der Waals surface area (Å²) in [6.45, 7) is 2.64. The molecule has 0 bridgehead atoms. The van der Waals surface area contributed by atoms with Crippen LogP contribution in [0.4, 0.5) is 17.3 Å². The summed E-state index contributed by atoms with van der Waals surface area (Å²) < 4.78 is 5.37. The summed E-state index contributed by atoms with van der Waals surface area (Å²) in [6.07, 6.45) is 0.884. The van der Waals surface area contributed by atoms with Gasteiger partial charge in [-0.15, -0.1) is 0 Å². The van der Waals surface area contributed by atoms with Gasteiger partial charge in [0.25, 0.3) is 0 Å². The van der Waals surface area contributed by atoms with Crippen LogP contribution in [0.1, 0.15) is 11.4 Å². The highest BCUT2D eigenvalue weighted by Crippen LogP contribution is 2.26. The van der Waals surface area contributed by atoms with Gasteiger partial charge in [0.15, 0.2) is 0 Å². The van der Waals surface area contributed by atoms with E-state index in [2.05, 4.69) is 20.6 Å². The van der Waals surface area contributed by atoms with E-state index < -0.39 is 0 Å². The molecule has 1 aromatic heterocycles. The predicted octanol–water partition coefficient (Wildman–Crippen LogP) is 4.85. The number of hydrogen-bond donors (Lipinski definition) is 2. The van der Waals surface area contributed by atoms with Crippen LogP contribution in [0, 0.1) is 6.92 Å². The van der Waals surface area contributed by atoms with Gasteiger partial charge in [-0.25, -0.2) is 9.97 Å². The van der Waals surface area contributed by atoms with Crippen molar-refractivity contribution in [2.24, 2.45) is 0 Å². The molecule has 1 heterocycles. The molecular weight excluding hydrogens is 348 g/mol. The van der Waals surface area contributed by atoms with Crippen molar-refractivity contribution in [1.82, 2.24) is 9.97 Å². The number of aryl methyl sites for hydroxylation is 1. The molecule has 134 valence electrons. The van der Waals surface area contributed by atoms with Crippen molar-refractivity contribution in [3.05, 3.63) is 71.0 Å². The average Bonchev–Trinajstić information content (AvgIpc) is 2.63. The van der Waals surface area contributed by atoms with Crippen molar-refractivity contribution in [2.45, 2.75) is 13.3 Å². The zero-order valence-electron chi connectivity index (χ0n) is 14.8.